The first-order chi connectivity index (χ1) is 2.91. The van der Waals surface area contributed by atoms with Crippen LogP contribution < -0.4 is 5.32 Å². The van der Waals surface area contributed by atoms with Crippen molar-refractivity contribution in [2.75, 3.05) is 6.54 Å². The van der Waals surface area contributed by atoms with Gasteiger partial charge in [-0.1, -0.05) is 12.2 Å². The monoisotopic (exact) mass is 84.1 g/mol. The van der Waals surface area contributed by atoms with Crippen LogP contribution >= 0.6 is 0 Å². The van der Waals surface area contributed by atoms with E-state index in [1.54, 1.807) is 0 Å². The third-order valence-electron chi connectivity index (χ3n) is 0.498. The summed E-state index contributed by atoms with van der Waals surface area (Å²) in [5.41, 5.74) is 0. The summed E-state index contributed by atoms with van der Waals surface area (Å²) >= 11 is 0. The zero-order chi connectivity index (χ0) is 4.83. The first-order valence-corrected chi connectivity index (χ1v) is 2.03. The van der Waals surface area contributed by atoms with Crippen LogP contribution in [0, 0.1) is 7.05 Å². The minimum absolute atomic E-state index is 0.872. The number of hydrogen-bond acceptors (Lipinski definition) is 1. The molecule has 0 bridgehead atoms. The molecule has 0 aromatic carbocycles. The van der Waals surface area contributed by atoms with Gasteiger partial charge < -0.3 is 5.32 Å². The molecule has 0 heterocycles. The van der Waals surface area contributed by atoms with E-state index in [2.05, 4.69) is 12.4 Å². The highest BCUT2D eigenvalue weighted by Crippen LogP contribution is 1.62. The summed E-state index contributed by atoms with van der Waals surface area (Å²) in [7, 11) is 3.42. The van der Waals surface area contributed by atoms with Gasteiger partial charge in [0.1, 0.15) is 0 Å². The maximum Gasteiger partial charge on any atom is 0.0135 e. The van der Waals surface area contributed by atoms with Gasteiger partial charge in [-0.25, -0.2) is 0 Å². The van der Waals surface area contributed by atoms with Crippen LogP contribution in [0.3, 0.4) is 0 Å². The topological polar surface area (TPSA) is 12.0 Å². The van der Waals surface area contributed by atoms with Crippen LogP contribution in [0.2, 0.25) is 0 Å². The second-order valence-corrected chi connectivity index (χ2v) is 1.02. The standard InChI is InChI=1S/C5H10N/c1-3-4-5-6-2/h3-4,6H,2,5H2,1H3/b4-3-. The van der Waals surface area contributed by atoms with Crippen molar-refractivity contribution in [3.05, 3.63) is 19.2 Å². The fourth-order valence-corrected chi connectivity index (χ4v) is 0.201. The first kappa shape index (κ1) is 5.70. The number of hydrogen-bond donors (Lipinski definition) is 1. The summed E-state index contributed by atoms with van der Waals surface area (Å²) in [6.07, 6.45) is 3.99. The van der Waals surface area contributed by atoms with Gasteiger partial charge in [0, 0.05) is 13.6 Å². The quantitative estimate of drug-likeness (QED) is 0.491. The molecule has 0 aromatic rings. The molecule has 0 saturated heterocycles. The zero-order valence-corrected chi connectivity index (χ0v) is 4.07. The second kappa shape index (κ2) is 4.70. The highest BCUT2D eigenvalue weighted by atomic mass is 14.8. The Morgan fingerprint density at radius 2 is 2.50 bits per heavy atom. The van der Waals surface area contributed by atoms with Crippen LogP contribution in [0.1, 0.15) is 6.92 Å². The number of allylic oxidation sites excluding steroid dienone is 1. The minimum atomic E-state index is 0.872. The maximum absolute atomic E-state index is 3.42. The third-order valence-corrected chi connectivity index (χ3v) is 0.498. The molecule has 0 spiro atoms. The molecular weight excluding hydrogens is 74.1 g/mol. The molecule has 0 atom stereocenters. The molecule has 1 nitrogen and oxygen atoms in total. The van der Waals surface area contributed by atoms with Gasteiger partial charge in [-0.2, -0.15) is 0 Å². The molecule has 0 aliphatic heterocycles. The molecule has 1 radical (unpaired) electrons. The lowest BCUT2D eigenvalue weighted by atomic mass is 10.5. The molecule has 0 saturated carbocycles. The van der Waals surface area contributed by atoms with Gasteiger partial charge in [0.25, 0.3) is 0 Å². The fourth-order valence-electron chi connectivity index (χ4n) is 0.201. The van der Waals surface area contributed by atoms with E-state index in [1.165, 1.54) is 0 Å². The van der Waals surface area contributed by atoms with Crippen molar-refractivity contribution in [1.29, 1.82) is 0 Å². The molecule has 0 aromatic heterocycles. The molecule has 1 heteroatoms. The van der Waals surface area contributed by atoms with Crippen molar-refractivity contribution < 1.29 is 0 Å². The SMILES string of the molecule is [CH2]NC/C=C\C. The lowest BCUT2D eigenvalue weighted by Gasteiger charge is -1.81. The molecule has 0 aliphatic carbocycles. The maximum atomic E-state index is 3.42. The van der Waals surface area contributed by atoms with Crippen LogP contribution in [0.25, 0.3) is 0 Å². The van der Waals surface area contributed by atoms with E-state index in [9.17, 15) is 0 Å². The van der Waals surface area contributed by atoms with Crippen molar-refractivity contribution in [2.24, 2.45) is 0 Å². The van der Waals surface area contributed by atoms with Gasteiger partial charge in [-0.15, -0.1) is 0 Å². The molecular formula is C5H10N. The van der Waals surface area contributed by atoms with Gasteiger partial charge >= 0.3 is 0 Å². The number of rotatable bonds is 2. The van der Waals surface area contributed by atoms with Crippen molar-refractivity contribution in [1.82, 2.24) is 5.32 Å². The lowest BCUT2D eigenvalue weighted by molar-refractivity contribution is 0.981. The summed E-state index contributed by atoms with van der Waals surface area (Å²) in [4.78, 5) is 0. The summed E-state index contributed by atoms with van der Waals surface area (Å²) in [6, 6.07) is 0. The summed E-state index contributed by atoms with van der Waals surface area (Å²) in [6.45, 7) is 2.86. The highest BCUT2D eigenvalue weighted by molar-refractivity contribution is 4.78. The largest absolute Gasteiger partial charge is 0.312 e. The second-order valence-electron chi connectivity index (χ2n) is 1.02. The van der Waals surface area contributed by atoms with Crippen LogP contribution in [0.5, 0.6) is 0 Å². The van der Waals surface area contributed by atoms with Gasteiger partial charge in [-0.3, -0.25) is 0 Å². The van der Waals surface area contributed by atoms with E-state index in [4.69, 9.17) is 0 Å². The average Bonchev–Trinajstić information content (AvgIpc) is 1.61. The predicted molar refractivity (Wildman–Crippen MR) is 28.2 cm³/mol. The van der Waals surface area contributed by atoms with E-state index < -0.39 is 0 Å². The van der Waals surface area contributed by atoms with E-state index in [0.29, 0.717) is 0 Å². The van der Waals surface area contributed by atoms with E-state index in [-0.39, 0.29) is 0 Å². The summed E-state index contributed by atoms with van der Waals surface area (Å²) in [5, 5.41) is 2.73. The Balaban J connectivity index is 2.66. The predicted octanol–water partition coefficient (Wildman–Crippen LogP) is 0.944. The fraction of sp³-hybridized carbons (Fsp3) is 0.400. The number of nitrogens with one attached hydrogen (secondary N) is 1. The van der Waals surface area contributed by atoms with E-state index in [1.807, 2.05) is 19.1 Å². The Kier molecular flexibility index (Phi) is 4.46. The Morgan fingerprint density at radius 1 is 1.83 bits per heavy atom. The first-order valence-electron chi connectivity index (χ1n) is 2.03. The Labute approximate surface area is 39.1 Å². The van der Waals surface area contributed by atoms with Gasteiger partial charge in [0.2, 0.25) is 0 Å². The minimum Gasteiger partial charge on any atom is -0.312 e. The zero-order valence-electron chi connectivity index (χ0n) is 4.07. The summed E-state index contributed by atoms with van der Waals surface area (Å²) < 4.78 is 0. The molecule has 0 rings (SSSR count). The van der Waals surface area contributed by atoms with Crippen molar-refractivity contribution in [3.8, 4) is 0 Å². The van der Waals surface area contributed by atoms with Crippen molar-refractivity contribution >= 4 is 0 Å². The van der Waals surface area contributed by atoms with Crippen LogP contribution in [0.4, 0.5) is 0 Å². The molecule has 0 unspecified atom stereocenters. The summed E-state index contributed by atoms with van der Waals surface area (Å²) in [5.74, 6) is 0. The highest BCUT2D eigenvalue weighted by Gasteiger charge is 1.61. The van der Waals surface area contributed by atoms with Crippen LogP contribution in [0.15, 0.2) is 12.2 Å². The average molecular weight is 84.1 g/mol. The molecule has 0 fully saturated rings. The Morgan fingerprint density at radius 3 is 2.67 bits per heavy atom. The Bertz CT molecular complexity index is 39.2. The third kappa shape index (κ3) is 3.70. The van der Waals surface area contributed by atoms with Gasteiger partial charge in [0.15, 0.2) is 0 Å². The van der Waals surface area contributed by atoms with Crippen LogP contribution in [-0.4, -0.2) is 6.54 Å². The molecule has 6 heavy (non-hydrogen) atoms. The lowest BCUT2D eigenvalue weighted by Crippen LogP contribution is -1.99. The smallest absolute Gasteiger partial charge is 0.0135 e. The normalized spacial score (nSPS) is 10.3. The molecule has 35 valence electrons. The van der Waals surface area contributed by atoms with Gasteiger partial charge in [0.05, 0.1) is 0 Å². The van der Waals surface area contributed by atoms with E-state index >= 15 is 0 Å². The molecule has 0 amide bonds. The van der Waals surface area contributed by atoms with Gasteiger partial charge in [-0.05, 0) is 6.92 Å². The Hall–Kier alpha value is -0.300. The van der Waals surface area contributed by atoms with Crippen molar-refractivity contribution in [3.63, 3.8) is 0 Å². The van der Waals surface area contributed by atoms with Crippen LogP contribution in [-0.2, 0) is 0 Å². The molecule has 1 N–H and O–H groups in total. The van der Waals surface area contributed by atoms with Crippen molar-refractivity contribution in [2.45, 2.75) is 6.92 Å². The molecule has 0 aliphatic rings. The van der Waals surface area contributed by atoms with E-state index in [0.717, 1.165) is 6.54 Å².